The summed E-state index contributed by atoms with van der Waals surface area (Å²) in [4.78, 5) is 11.5. The first kappa shape index (κ1) is 11.8. The van der Waals surface area contributed by atoms with Crippen molar-refractivity contribution < 1.29 is 4.79 Å². The van der Waals surface area contributed by atoms with E-state index < -0.39 is 0 Å². The first-order chi connectivity index (χ1) is 8.22. The maximum atomic E-state index is 11.5. The zero-order chi connectivity index (χ0) is 12.3. The Balaban J connectivity index is 2.16. The Morgan fingerprint density at radius 1 is 1.29 bits per heavy atom. The van der Waals surface area contributed by atoms with Crippen LogP contribution < -0.4 is 0 Å². The number of Topliss-reactive ketones (excluding diaryl/α,β-unsaturated/α-hetero) is 1. The van der Waals surface area contributed by atoms with Gasteiger partial charge in [0, 0.05) is 25.3 Å². The summed E-state index contributed by atoms with van der Waals surface area (Å²) in [7, 11) is 1.94. The van der Waals surface area contributed by atoms with Gasteiger partial charge in [0.2, 0.25) is 0 Å². The molecule has 0 atom stereocenters. The number of aryl methyl sites for hydroxylation is 2. The molecular formula is C14H18N2O. The summed E-state index contributed by atoms with van der Waals surface area (Å²) >= 11 is 0. The molecule has 0 aliphatic heterocycles. The Labute approximate surface area is 101 Å². The molecule has 90 valence electrons. The average Bonchev–Trinajstić information content (AvgIpc) is 2.65. The Bertz CT molecular complexity index is 528. The van der Waals surface area contributed by atoms with E-state index in [9.17, 15) is 4.79 Å². The number of ketones is 1. The molecule has 0 amide bonds. The highest BCUT2D eigenvalue weighted by atomic mass is 16.1. The molecule has 17 heavy (non-hydrogen) atoms. The fraction of sp³-hybridized carbons (Fsp3) is 0.429. The van der Waals surface area contributed by atoms with Gasteiger partial charge in [-0.15, -0.1) is 0 Å². The zero-order valence-corrected chi connectivity index (χ0v) is 10.4. The molecule has 0 fully saturated rings. The summed E-state index contributed by atoms with van der Waals surface area (Å²) in [5, 5.41) is 5.65. The minimum absolute atomic E-state index is 0.335. The third-order valence-corrected chi connectivity index (χ3v) is 3.00. The first-order valence-corrected chi connectivity index (χ1v) is 6.14. The third kappa shape index (κ3) is 2.54. The molecule has 0 saturated heterocycles. The van der Waals surface area contributed by atoms with Crippen LogP contribution in [0.25, 0.3) is 10.9 Å². The Kier molecular flexibility index (Phi) is 3.57. The van der Waals surface area contributed by atoms with E-state index in [2.05, 4.69) is 17.2 Å². The molecule has 0 aliphatic carbocycles. The molecule has 0 spiro atoms. The van der Waals surface area contributed by atoms with Gasteiger partial charge in [0.15, 0.2) is 0 Å². The largest absolute Gasteiger partial charge is 0.300 e. The van der Waals surface area contributed by atoms with Crippen molar-refractivity contribution in [3.63, 3.8) is 0 Å². The second-order valence-electron chi connectivity index (χ2n) is 4.38. The van der Waals surface area contributed by atoms with Crippen LogP contribution in [-0.2, 0) is 18.3 Å². The van der Waals surface area contributed by atoms with Gasteiger partial charge in [-0.1, -0.05) is 25.1 Å². The van der Waals surface area contributed by atoms with Crippen LogP contribution in [0.5, 0.6) is 0 Å². The number of benzene rings is 1. The lowest BCUT2D eigenvalue weighted by Gasteiger charge is -1.97. The molecule has 0 bridgehead atoms. The molecule has 0 N–H and O–H groups in total. The van der Waals surface area contributed by atoms with Crippen LogP contribution in [0.15, 0.2) is 24.3 Å². The summed E-state index contributed by atoms with van der Waals surface area (Å²) < 4.78 is 1.88. The van der Waals surface area contributed by atoms with E-state index in [0.29, 0.717) is 18.6 Å². The van der Waals surface area contributed by atoms with Crippen molar-refractivity contribution in [2.45, 2.75) is 32.6 Å². The summed E-state index contributed by atoms with van der Waals surface area (Å²) in [6.45, 7) is 2.04. The number of hydrogen-bond donors (Lipinski definition) is 0. The van der Waals surface area contributed by atoms with Crippen molar-refractivity contribution in [2.24, 2.45) is 7.05 Å². The number of carbonyl (C=O) groups is 1. The number of fused-ring (bicyclic) bond motifs is 1. The minimum atomic E-state index is 0.335. The Morgan fingerprint density at radius 3 is 2.82 bits per heavy atom. The van der Waals surface area contributed by atoms with Crippen molar-refractivity contribution in [3.05, 3.63) is 30.0 Å². The van der Waals surface area contributed by atoms with E-state index in [1.54, 1.807) is 0 Å². The highest BCUT2D eigenvalue weighted by Crippen LogP contribution is 2.18. The zero-order valence-electron chi connectivity index (χ0n) is 10.4. The number of hydrogen-bond acceptors (Lipinski definition) is 2. The van der Waals surface area contributed by atoms with Crippen LogP contribution in [-0.4, -0.2) is 15.6 Å². The smallest absolute Gasteiger partial charge is 0.133 e. The van der Waals surface area contributed by atoms with E-state index in [0.717, 1.165) is 24.1 Å². The van der Waals surface area contributed by atoms with Gasteiger partial charge >= 0.3 is 0 Å². The van der Waals surface area contributed by atoms with Crippen molar-refractivity contribution in [1.29, 1.82) is 0 Å². The topological polar surface area (TPSA) is 34.9 Å². The second kappa shape index (κ2) is 5.13. The third-order valence-electron chi connectivity index (χ3n) is 3.00. The lowest BCUT2D eigenvalue weighted by molar-refractivity contribution is -0.119. The summed E-state index contributed by atoms with van der Waals surface area (Å²) in [5.74, 6) is 0.335. The maximum absolute atomic E-state index is 11.5. The van der Waals surface area contributed by atoms with Gasteiger partial charge in [-0.3, -0.25) is 9.48 Å². The monoisotopic (exact) mass is 230 g/mol. The normalized spacial score (nSPS) is 10.9. The van der Waals surface area contributed by atoms with Crippen LogP contribution >= 0.6 is 0 Å². The van der Waals surface area contributed by atoms with Crippen LogP contribution in [0, 0.1) is 0 Å². The van der Waals surface area contributed by atoms with Gasteiger partial charge in [0.25, 0.3) is 0 Å². The van der Waals surface area contributed by atoms with E-state index in [-0.39, 0.29) is 0 Å². The quantitative estimate of drug-likeness (QED) is 0.791. The van der Waals surface area contributed by atoms with Crippen molar-refractivity contribution in [2.75, 3.05) is 0 Å². The molecular weight excluding hydrogens is 212 g/mol. The molecule has 1 heterocycles. The van der Waals surface area contributed by atoms with Gasteiger partial charge in [-0.05, 0) is 18.9 Å². The summed E-state index contributed by atoms with van der Waals surface area (Å²) in [5.41, 5.74) is 2.16. The molecule has 0 saturated carbocycles. The molecule has 3 heteroatoms. The first-order valence-electron chi connectivity index (χ1n) is 6.14. The molecule has 3 nitrogen and oxygen atoms in total. The van der Waals surface area contributed by atoms with Gasteiger partial charge in [0.05, 0.1) is 11.2 Å². The SMILES string of the molecule is CCCC(=O)CCc1nn(C)c2ccccc12. The number of carbonyl (C=O) groups excluding carboxylic acids is 1. The van der Waals surface area contributed by atoms with E-state index in [4.69, 9.17) is 0 Å². The fourth-order valence-corrected chi connectivity index (χ4v) is 2.13. The highest BCUT2D eigenvalue weighted by Gasteiger charge is 2.09. The standard InChI is InChI=1S/C14H18N2O/c1-3-6-11(17)9-10-13-12-7-4-5-8-14(12)16(2)15-13/h4-5,7-8H,3,6,9-10H2,1-2H3. The highest BCUT2D eigenvalue weighted by molar-refractivity contribution is 5.83. The van der Waals surface area contributed by atoms with Gasteiger partial charge in [-0.25, -0.2) is 0 Å². The van der Waals surface area contributed by atoms with Crippen LogP contribution in [0.1, 0.15) is 31.9 Å². The van der Waals surface area contributed by atoms with Crippen LogP contribution in [0.2, 0.25) is 0 Å². The Hall–Kier alpha value is -1.64. The molecule has 0 unspecified atom stereocenters. The second-order valence-corrected chi connectivity index (χ2v) is 4.38. The van der Waals surface area contributed by atoms with Crippen molar-refractivity contribution >= 4 is 16.7 Å². The number of nitrogens with zero attached hydrogens (tertiary/aromatic N) is 2. The van der Waals surface area contributed by atoms with Crippen LogP contribution in [0.3, 0.4) is 0 Å². The fourth-order valence-electron chi connectivity index (χ4n) is 2.13. The van der Waals surface area contributed by atoms with Crippen molar-refractivity contribution in [3.8, 4) is 0 Å². The molecule has 1 aromatic heterocycles. The Morgan fingerprint density at radius 2 is 2.06 bits per heavy atom. The molecule has 0 radical (unpaired) electrons. The maximum Gasteiger partial charge on any atom is 0.133 e. The lowest BCUT2D eigenvalue weighted by Crippen LogP contribution is -2.00. The van der Waals surface area contributed by atoms with E-state index >= 15 is 0 Å². The van der Waals surface area contributed by atoms with Crippen molar-refractivity contribution in [1.82, 2.24) is 9.78 Å². The molecule has 1 aromatic carbocycles. The van der Waals surface area contributed by atoms with E-state index in [1.807, 2.05) is 30.8 Å². The summed E-state index contributed by atoms with van der Waals surface area (Å²) in [6.07, 6.45) is 2.97. The van der Waals surface area contributed by atoms with E-state index in [1.165, 1.54) is 5.39 Å². The predicted molar refractivity (Wildman–Crippen MR) is 69.0 cm³/mol. The lowest BCUT2D eigenvalue weighted by atomic mass is 10.1. The predicted octanol–water partition coefficient (Wildman–Crippen LogP) is 2.88. The number of para-hydroxylation sites is 1. The van der Waals surface area contributed by atoms with Gasteiger partial charge in [0.1, 0.15) is 5.78 Å². The van der Waals surface area contributed by atoms with Gasteiger partial charge < -0.3 is 0 Å². The number of aromatic nitrogens is 2. The van der Waals surface area contributed by atoms with Gasteiger partial charge in [-0.2, -0.15) is 5.10 Å². The van der Waals surface area contributed by atoms with Crippen LogP contribution in [0.4, 0.5) is 0 Å². The molecule has 2 aromatic rings. The minimum Gasteiger partial charge on any atom is -0.300 e. The number of rotatable bonds is 5. The average molecular weight is 230 g/mol. The molecule has 0 aliphatic rings. The molecule has 2 rings (SSSR count). The summed E-state index contributed by atoms with van der Waals surface area (Å²) in [6, 6.07) is 8.15.